The number of nitriles is 1. The van der Waals surface area contributed by atoms with Gasteiger partial charge in [-0.3, -0.25) is 9.36 Å². The van der Waals surface area contributed by atoms with E-state index in [2.05, 4.69) is 11.1 Å². The minimum atomic E-state index is -0.00247. The van der Waals surface area contributed by atoms with Gasteiger partial charge in [0.2, 0.25) is 0 Å². The van der Waals surface area contributed by atoms with E-state index in [4.69, 9.17) is 5.26 Å². The first-order valence-electron chi connectivity index (χ1n) is 6.25. The molecule has 0 aliphatic carbocycles. The Morgan fingerprint density at radius 3 is 2.81 bits per heavy atom. The summed E-state index contributed by atoms with van der Waals surface area (Å²) >= 11 is 2.94. The van der Waals surface area contributed by atoms with Crippen LogP contribution < -0.4 is 5.56 Å². The number of rotatable bonds is 3. The smallest absolute Gasteiger partial charge is 0.271 e. The van der Waals surface area contributed by atoms with Gasteiger partial charge in [-0.05, 0) is 29.1 Å². The van der Waals surface area contributed by atoms with Crippen LogP contribution in [0, 0.1) is 11.3 Å². The van der Waals surface area contributed by atoms with Gasteiger partial charge >= 0.3 is 0 Å². The molecule has 4 nitrogen and oxygen atoms in total. The normalized spacial score (nSPS) is 10.7. The van der Waals surface area contributed by atoms with Crippen LogP contribution >= 0.6 is 23.1 Å². The van der Waals surface area contributed by atoms with Gasteiger partial charge in [-0.1, -0.05) is 23.9 Å². The Morgan fingerprint density at radius 2 is 2.10 bits per heavy atom. The zero-order valence-electron chi connectivity index (χ0n) is 11.2. The summed E-state index contributed by atoms with van der Waals surface area (Å²) in [6, 6.07) is 11.4. The number of hydrogen-bond donors (Lipinski definition) is 0. The lowest BCUT2D eigenvalue weighted by Gasteiger charge is -2.07. The average molecular weight is 313 g/mol. The molecule has 0 saturated carbocycles. The Balaban J connectivity index is 1.86. The largest absolute Gasteiger partial charge is 0.290 e. The van der Waals surface area contributed by atoms with Crippen molar-refractivity contribution in [2.45, 2.75) is 10.9 Å². The van der Waals surface area contributed by atoms with Gasteiger partial charge in [-0.15, -0.1) is 11.3 Å². The third kappa shape index (κ3) is 2.71. The van der Waals surface area contributed by atoms with Crippen LogP contribution in [0.5, 0.6) is 0 Å². The molecule has 0 N–H and O–H groups in total. The van der Waals surface area contributed by atoms with Crippen LogP contribution in [0.15, 0.2) is 45.7 Å². The molecule has 0 spiro atoms. The van der Waals surface area contributed by atoms with Gasteiger partial charge in [0.25, 0.3) is 5.56 Å². The maximum atomic E-state index is 12.2. The number of thiophene rings is 1. The van der Waals surface area contributed by atoms with Crippen molar-refractivity contribution >= 4 is 33.3 Å². The van der Waals surface area contributed by atoms with Crippen molar-refractivity contribution < 1.29 is 0 Å². The summed E-state index contributed by atoms with van der Waals surface area (Å²) in [5.74, 6) is 0.710. The second-order valence-corrected chi connectivity index (χ2v) is 6.35. The lowest BCUT2D eigenvalue weighted by atomic mass is 10.2. The fraction of sp³-hybridized carbons (Fsp3) is 0.133. The maximum absolute atomic E-state index is 12.2. The summed E-state index contributed by atoms with van der Waals surface area (Å²) in [5, 5.41) is 11.4. The van der Waals surface area contributed by atoms with Crippen molar-refractivity contribution in [1.29, 1.82) is 5.26 Å². The number of thioether (sulfide) groups is 1. The van der Waals surface area contributed by atoms with E-state index in [1.807, 2.05) is 23.6 Å². The van der Waals surface area contributed by atoms with Crippen molar-refractivity contribution in [3.05, 3.63) is 57.2 Å². The molecule has 0 fully saturated rings. The second-order valence-electron chi connectivity index (χ2n) is 4.49. The molecule has 0 aliphatic heterocycles. The quantitative estimate of drug-likeness (QED) is 0.550. The topological polar surface area (TPSA) is 58.7 Å². The van der Waals surface area contributed by atoms with E-state index >= 15 is 0 Å². The van der Waals surface area contributed by atoms with Crippen LogP contribution in [0.4, 0.5) is 0 Å². The van der Waals surface area contributed by atoms with E-state index in [0.717, 1.165) is 11.1 Å². The lowest BCUT2D eigenvalue weighted by molar-refractivity contribution is 0.728. The van der Waals surface area contributed by atoms with Crippen LogP contribution in [0.25, 0.3) is 10.2 Å². The van der Waals surface area contributed by atoms with E-state index in [-0.39, 0.29) is 5.56 Å². The van der Waals surface area contributed by atoms with Crippen molar-refractivity contribution in [1.82, 2.24) is 9.55 Å². The number of nitrogens with zero attached hydrogens (tertiary/aromatic N) is 3. The predicted molar refractivity (Wildman–Crippen MR) is 85.6 cm³/mol. The zero-order chi connectivity index (χ0) is 14.8. The molecule has 0 bridgehead atoms. The molecule has 3 aromatic rings. The van der Waals surface area contributed by atoms with Gasteiger partial charge in [-0.2, -0.15) is 5.26 Å². The van der Waals surface area contributed by atoms with Gasteiger partial charge in [-0.25, -0.2) is 4.98 Å². The minimum Gasteiger partial charge on any atom is -0.290 e. The fourth-order valence-electron chi connectivity index (χ4n) is 1.92. The van der Waals surface area contributed by atoms with E-state index in [1.165, 1.54) is 23.1 Å². The van der Waals surface area contributed by atoms with Crippen LogP contribution in [-0.4, -0.2) is 9.55 Å². The summed E-state index contributed by atoms with van der Waals surface area (Å²) in [4.78, 5) is 16.7. The number of fused-ring (bicyclic) bond motifs is 1. The van der Waals surface area contributed by atoms with E-state index in [9.17, 15) is 4.79 Å². The van der Waals surface area contributed by atoms with E-state index < -0.39 is 0 Å². The fourth-order valence-corrected chi connectivity index (χ4v) is 3.65. The van der Waals surface area contributed by atoms with Gasteiger partial charge in [0, 0.05) is 12.8 Å². The summed E-state index contributed by atoms with van der Waals surface area (Å²) in [6.07, 6.45) is 0. The first kappa shape index (κ1) is 13.9. The second kappa shape index (κ2) is 5.72. The Hall–Kier alpha value is -2.10. The first-order valence-corrected chi connectivity index (χ1v) is 8.11. The molecular formula is C15H11N3OS2. The SMILES string of the molecule is Cn1c(SCc2ccc(C#N)cc2)nc2ccsc2c1=O. The van der Waals surface area contributed by atoms with Crippen molar-refractivity contribution in [2.75, 3.05) is 0 Å². The van der Waals surface area contributed by atoms with Gasteiger partial charge in [0.05, 0.1) is 17.1 Å². The highest BCUT2D eigenvalue weighted by molar-refractivity contribution is 7.98. The molecule has 0 saturated heterocycles. The number of benzene rings is 1. The molecule has 0 amide bonds. The van der Waals surface area contributed by atoms with Crippen molar-refractivity contribution in [2.24, 2.45) is 7.05 Å². The van der Waals surface area contributed by atoms with E-state index in [0.29, 0.717) is 21.2 Å². The summed E-state index contributed by atoms with van der Waals surface area (Å²) in [5.41, 5.74) is 2.50. The number of aromatic nitrogens is 2. The summed E-state index contributed by atoms with van der Waals surface area (Å²) in [6.45, 7) is 0. The molecule has 0 unspecified atom stereocenters. The van der Waals surface area contributed by atoms with Crippen LogP contribution in [-0.2, 0) is 12.8 Å². The Morgan fingerprint density at radius 1 is 1.33 bits per heavy atom. The highest BCUT2D eigenvalue weighted by Crippen LogP contribution is 2.23. The molecule has 6 heteroatoms. The highest BCUT2D eigenvalue weighted by Gasteiger charge is 2.09. The molecule has 1 aromatic carbocycles. The first-order chi connectivity index (χ1) is 10.2. The van der Waals surface area contributed by atoms with Crippen LogP contribution in [0.3, 0.4) is 0 Å². The Kier molecular flexibility index (Phi) is 3.78. The van der Waals surface area contributed by atoms with Gasteiger partial charge in [0.15, 0.2) is 5.16 Å². The van der Waals surface area contributed by atoms with Crippen LogP contribution in [0.1, 0.15) is 11.1 Å². The summed E-state index contributed by atoms with van der Waals surface area (Å²) in [7, 11) is 1.75. The Bertz CT molecular complexity index is 888. The molecule has 2 aromatic heterocycles. The third-order valence-corrected chi connectivity index (χ3v) is 5.09. The monoisotopic (exact) mass is 313 g/mol. The Labute approximate surface area is 129 Å². The molecule has 104 valence electrons. The lowest BCUT2D eigenvalue weighted by Crippen LogP contribution is -2.18. The van der Waals surface area contributed by atoms with Crippen molar-refractivity contribution in [3.8, 4) is 6.07 Å². The molecular weight excluding hydrogens is 302 g/mol. The average Bonchev–Trinajstić information content (AvgIpc) is 2.98. The van der Waals surface area contributed by atoms with Gasteiger partial charge < -0.3 is 0 Å². The standard InChI is InChI=1S/C15H11N3OS2/c1-18-14(19)13-12(6-7-20-13)17-15(18)21-9-11-4-2-10(8-16)3-5-11/h2-7H,9H2,1H3. The molecule has 0 aliphatic rings. The molecule has 0 atom stereocenters. The van der Waals surface area contributed by atoms with E-state index in [1.54, 1.807) is 23.7 Å². The molecule has 3 rings (SSSR count). The highest BCUT2D eigenvalue weighted by atomic mass is 32.2. The maximum Gasteiger partial charge on any atom is 0.271 e. The molecule has 2 heterocycles. The van der Waals surface area contributed by atoms with Gasteiger partial charge in [0.1, 0.15) is 4.70 Å². The zero-order valence-corrected chi connectivity index (χ0v) is 12.9. The van der Waals surface area contributed by atoms with Crippen LogP contribution in [0.2, 0.25) is 0 Å². The predicted octanol–water partition coefficient (Wildman–Crippen LogP) is 3.16. The third-order valence-electron chi connectivity index (χ3n) is 3.10. The molecule has 21 heavy (non-hydrogen) atoms. The molecule has 0 radical (unpaired) electrons. The van der Waals surface area contributed by atoms with Crippen molar-refractivity contribution in [3.63, 3.8) is 0 Å². The minimum absolute atomic E-state index is 0.00247. The summed E-state index contributed by atoms with van der Waals surface area (Å²) < 4.78 is 2.29. The number of hydrogen-bond acceptors (Lipinski definition) is 5.